The standard InChI is InChI=1S/C10H16N2S2/c1-12(5-2-3-10(11)13)7-9-4-6-14-8-9/h4,6,8H,2-3,5,7H2,1H3,(H2,11,13). The Hall–Kier alpha value is -0.450. The highest BCUT2D eigenvalue weighted by atomic mass is 32.1. The van der Waals surface area contributed by atoms with Crippen molar-refractivity contribution >= 4 is 28.5 Å². The smallest absolute Gasteiger partial charge is 0.0727 e. The maximum atomic E-state index is 5.43. The molecule has 0 atom stereocenters. The summed E-state index contributed by atoms with van der Waals surface area (Å²) in [4.78, 5) is 2.91. The number of rotatable bonds is 6. The molecule has 1 heterocycles. The third-order valence-electron chi connectivity index (χ3n) is 2.00. The van der Waals surface area contributed by atoms with E-state index in [0.29, 0.717) is 4.99 Å². The van der Waals surface area contributed by atoms with Crippen LogP contribution in [0.1, 0.15) is 18.4 Å². The van der Waals surface area contributed by atoms with E-state index in [1.165, 1.54) is 5.56 Å². The van der Waals surface area contributed by atoms with Gasteiger partial charge in [0, 0.05) is 6.54 Å². The lowest BCUT2D eigenvalue weighted by molar-refractivity contribution is 0.325. The summed E-state index contributed by atoms with van der Waals surface area (Å²) in [7, 11) is 2.12. The van der Waals surface area contributed by atoms with E-state index in [4.69, 9.17) is 18.0 Å². The van der Waals surface area contributed by atoms with Gasteiger partial charge in [-0.15, -0.1) is 0 Å². The van der Waals surface area contributed by atoms with Gasteiger partial charge in [-0.1, -0.05) is 12.2 Å². The lowest BCUT2D eigenvalue weighted by Crippen LogP contribution is -2.20. The van der Waals surface area contributed by atoms with Gasteiger partial charge in [0.2, 0.25) is 0 Å². The topological polar surface area (TPSA) is 29.3 Å². The molecule has 0 unspecified atom stereocenters. The zero-order chi connectivity index (χ0) is 10.4. The summed E-state index contributed by atoms with van der Waals surface area (Å²) in [5.74, 6) is 0. The highest BCUT2D eigenvalue weighted by Gasteiger charge is 2.00. The molecule has 0 aliphatic rings. The SMILES string of the molecule is CN(CCCC(N)=S)Cc1ccsc1. The molecule has 0 radical (unpaired) electrons. The van der Waals surface area contributed by atoms with Crippen molar-refractivity contribution in [1.29, 1.82) is 0 Å². The molecule has 0 amide bonds. The largest absolute Gasteiger partial charge is 0.393 e. The van der Waals surface area contributed by atoms with Crippen LogP contribution in [0.5, 0.6) is 0 Å². The number of thiocarbonyl (C=S) groups is 1. The molecule has 1 rings (SSSR count). The van der Waals surface area contributed by atoms with Crippen LogP contribution in [0.2, 0.25) is 0 Å². The van der Waals surface area contributed by atoms with Crippen LogP contribution in [0, 0.1) is 0 Å². The normalized spacial score (nSPS) is 10.7. The number of hydrogen-bond acceptors (Lipinski definition) is 3. The zero-order valence-electron chi connectivity index (χ0n) is 8.40. The molecule has 2 nitrogen and oxygen atoms in total. The van der Waals surface area contributed by atoms with Gasteiger partial charge in [-0.3, -0.25) is 0 Å². The Morgan fingerprint density at radius 2 is 2.43 bits per heavy atom. The van der Waals surface area contributed by atoms with Crippen molar-refractivity contribution in [3.8, 4) is 0 Å². The molecule has 0 saturated carbocycles. The van der Waals surface area contributed by atoms with Gasteiger partial charge < -0.3 is 10.6 Å². The fourth-order valence-corrected chi connectivity index (χ4v) is 2.10. The monoisotopic (exact) mass is 228 g/mol. The quantitative estimate of drug-likeness (QED) is 0.757. The van der Waals surface area contributed by atoms with Gasteiger partial charge in [-0.05, 0) is 48.8 Å². The summed E-state index contributed by atoms with van der Waals surface area (Å²) < 4.78 is 0. The fraction of sp³-hybridized carbons (Fsp3) is 0.500. The lowest BCUT2D eigenvalue weighted by atomic mass is 10.2. The molecule has 0 fully saturated rings. The van der Waals surface area contributed by atoms with Crippen LogP contribution in [0.4, 0.5) is 0 Å². The molecule has 14 heavy (non-hydrogen) atoms. The van der Waals surface area contributed by atoms with Gasteiger partial charge in [0.1, 0.15) is 0 Å². The molecule has 0 aliphatic heterocycles. The highest BCUT2D eigenvalue weighted by molar-refractivity contribution is 7.80. The van der Waals surface area contributed by atoms with E-state index in [2.05, 4.69) is 28.8 Å². The third kappa shape index (κ3) is 4.69. The van der Waals surface area contributed by atoms with Crippen molar-refractivity contribution in [3.63, 3.8) is 0 Å². The van der Waals surface area contributed by atoms with Gasteiger partial charge in [0.05, 0.1) is 4.99 Å². The maximum absolute atomic E-state index is 5.43. The van der Waals surface area contributed by atoms with Gasteiger partial charge in [-0.2, -0.15) is 11.3 Å². The van der Waals surface area contributed by atoms with Crippen molar-refractivity contribution < 1.29 is 0 Å². The highest BCUT2D eigenvalue weighted by Crippen LogP contribution is 2.08. The van der Waals surface area contributed by atoms with E-state index in [0.717, 1.165) is 25.9 Å². The summed E-state index contributed by atoms with van der Waals surface area (Å²) in [6.45, 7) is 2.06. The summed E-state index contributed by atoms with van der Waals surface area (Å²) in [6.07, 6.45) is 1.90. The average molecular weight is 228 g/mol. The second-order valence-electron chi connectivity index (χ2n) is 3.44. The predicted molar refractivity (Wildman–Crippen MR) is 66.7 cm³/mol. The lowest BCUT2D eigenvalue weighted by Gasteiger charge is -2.15. The zero-order valence-corrected chi connectivity index (χ0v) is 10.0. The Kier molecular flexibility index (Phi) is 5.07. The Morgan fingerprint density at radius 1 is 1.64 bits per heavy atom. The fourth-order valence-electron chi connectivity index (χ4n) is 1.30. The third-order valence-corrected chi connectivity index (χ3v) is 2.93. The van der Waals surface area contributed by atoms with Crippen molar-refractivity contribution in [2.24, 2.45) is 5.73 Å². The number of nitrogens with two attached hydrogens (primary N) is 1. The van der Waals surface area contributed by atoms with E-state index in [9.17, 15) is 0 Å². The molecule has 1 aromatic rings. The first-order valence-electron chi connectivity index (χ1n) is 4.66. The predicted octanol–water partition coefficient (Wildman–Crippen LogP) is 2.25. The molecule has 2 N–H and O–H groups in total. The minimum atomic E-state index is 0.619. The Labute approximate surface area is 94.7 Å². The molecule has 4 heteroatoms. The molecule has 0 saturated heterocycles. The van der Waals surface area contributed by atoms with Gasteiger partial charge in [0.25, 0.3) is 0 Å². The van der Waals surface area contributed by atoms with Crippen LogP contribution in [0.15, 0.2) is 16.8 Å². The first-order valence-corrected chi connectivity index (χ1v) is 6.01. The molecule has 0 aliphatic carbocycles. The molecule has 0 bridgehead atoms. The van der Waals surface area contributed by atoms with Crippen LogP contribution in [-0.2, 0) is 6.54 Å². The van der Waals surface area contributed by atoms with Gasteiger partial charge >= 0.3 is 0 Å². The summed E-state index contributed by atoms with van der Waals surface area (Å²) in [5, 5.41) is 4.29. The van der Waals surface area contributed by atoms with Crippen molar-refractivity contribution in [2.75, 3.05) is 13.6 Å². The van der Waals surface area contributed by atoms with Gasteiger partial charge in [0.15, 0.2) is 0 Å². The van der Waals surface area contributed by atoms with Crippen LogP contribution in [-0.4, -0.2) is 23.5 Å². The average Bonchev–Trinajstić information content (AvgIpc) is 2.56. The first kappa shape index (κ1) is 11.6. The Balaban J connectivity index is 2.16. The Bertz CT molecular complexity index is 270. The molecule has 0 spiro atoms. The van der Waals surface area contributed by atoms with Crippen LogP contribution < -0.4 is 5.73 Å². The summed E-state index contributed by atoms with van der Waals surface area (Å²) >= 11 is 6.57. The maximum Gasteiger partial charge on any atom is 0.0727 e. The molecular formula is C10H16N2S2. The molecule has 78 valence electrons. The van der Waals surface area contributed by atoms with Crippen molar-refractivity contribution in [2.45, 2.75) is 19.4 Å². The minimum Gasteiger partial charge on any atom is -0.393 e. The first-order chi connectivity index (χ1) is 6.68. The molecule has 0 aromatic carbocycles. The Morgan fingerprint density at radius 3 is 3.00 bits per heavy atom. The van der Waals surface area contributed by atoms with Crippen molar-refractivity contribution in [1.82, 2.24) is 4.90 Å². The van der Waals surface area contributed by atoms with Crippen molar-refractivity contribution in [3.05, 3.63) is 22.4 Å². The van der Waals surface area contributed by atoms with Crippen LogP contribution >= 0.6 is 23.6 Å². The molecule has 1 aromatic heterocycles. The second kappa shape index (κ2) is 6.11. The summed E-state index contributed by atoms with van der Waals surface area (Å²) in [6, 6.07) is 2.16. The van der Waals surface area contributed by atoms with Crippen LogP contribution in [0.3, 0.4) is 0 Å². The number of hydrogen-bond donors (Lipinski definition) is 1. The second-order valence-corrected chi connectivity index (χ2v) is 4.74. The minimum absolute atomic E-state index is 0.619. The number of nitrogens with zero attached hydrogens (tertiary/aromatic N) is 1. The van der Waals surface area contributed by atoms with E-state index >= 15 is 0 Å². The van der Waals surface area contributed by atoms with E-state index in [1.807, 2.05) is 0 Å². The van der Waals surface area contributed by atoms with E-state index < -0.39 is 0 Å². The number of thiophene rings is 1. The van der Waals surface area contributed by atoms with E-state index in [-0.39, 0.29) is 0 Å². The van der Waals surface area contributed by atoms with Crippen LogP contribution in [0.25, 0.3) is 0 Å². The van der Waals surface area contributed by atoms with E-state index in [1.54, 1.807) is 11.3 Å². The van der Waals surface area contributed by atoms with Gasteiger partial charge in [-0.25, -0.2) is 0 Å². The summed E-state index contributed by atoms with van der Waals surface area (Å²) in [5.41, 5.74) is 6.81. The molecular weight excluding hydrogens is 212 g/mol.